The second kappa shape index (κ2) is 11.4. The number of ether oxygens (including phenoxy) is 1. The number of hydrogen-bond donors (Lipinski definition) is 3. The van der Waals surface area contributed by atoms with E-state index in [2.05, 4.69) is 39.4 Å². The molecule has 0 aliphatic heterocycles. The van der Waals surface area contributed by atoms with Crippen LogP contribution in [-0.4, -0.2) is 49.4 Å². The monoisotopic (exact) mass is 337 g/mol. The van der Waals surface area contributed by atoms with Crippen molar-refractivity contribution in [1.82, 2.24) is 20.5 Å². The number of guanidine groups is 1. The molecule has 0 bridgehead atoms. The van der Waals surface area contributed by atoms with Gasteiger partial charge in [0.2, 0.25) is 0 Å². The molecular weight excluding hydrogens is 306 g/mol. The van der Waals surface area contributed by atoms with Crippen molar-refractivity contribution in [3.8, 4) is 0 Å². The molecule has 1 rings (SSSR count). The van der Waals surface area contributed by atoms with E-state index in [4.69, 9.17) is 4.74 Å². The highest BCUT2D eigenvalue weighted by atomic mass is 16.5. The largest absolute Gasteiger partial charge is 0.450 e. The van der Waals surface area contributed by atoms with Crippen LogP contribution >= 0.6 is 0 Å². The van der Waals surface area contributed by atoms with E-state index in [1.54, 1.807) is 14.0 Å². The lowest BCUT2D eigenvalue weighted by molar-refractivity contribution is 0.146. The van der Waals surface area contributed by atoms with Crippen molar-refractivity contribution in [3.63, 3.8) is 0 Å². The number of nitrogens with one attached hydrogen (secondary N) is 3. The zero-order valence-corrected chi connectivity index (χ0v) is 15.2. The van der Waals surface area contributed by atoms with E-state index in [-0.39, 0.29) is 12.1 Å². The summed E-state index contributed by atoms with van der Waals surface area (Å²) in [7, 11) is 1.74. The van der Waals surface area contributed by atoms with Crippen molar-refractivity contribution < 1.29 is 9.53 Å². The fraction of sp³-hybridized carbons (Fsp3) is 0.647. The Morgan fingerprint density at radius 3 is 2.54 bits per heavy atom. The highest BCUT2D eigenvalue weighted by Crippen LogP contribution is 2.04. The van der Waals surface area contributed by atoms with Gasteiger partial charge in [0.15, 0.2) is 5.96 Å². The molecule has 1 heterocycles. The summed E-state index contributed by atoms with van der Waals surface area (Å²) >= 11 is 0. The summed E-state index contributed by atoms with van der Waals surface area (Å²) in [6.07, 6.45) is 4.55. The van der Waals surface area contributed by atoms with Gasteiger partial charge in [-0.15, -0.1) is 0 Å². The Labute approximate surface area is 144 Å². The van der Waals surface area contributed by atoms with E-state index in [0.717, 1.165) is 25.5 Å². The van der Waals surface area contributed by atoms with E-state index in [9.17, 15) is 4.79 Å². The molecule has 0 radical (unpaired) electrons. The van der Waals surface area contributed by atoms with Crippen LogP contribution in [0.2, 0.25) is 0 Å². The van der Waals surface area contributed by atoms with Gasteiger partial charge in [0.05, 0.1) is 6.61 Å². The third kappa shape index (κ3) is 8.45. The number of rotatable bonds is 9. The molecule has 1 amide bonds. The molecule has 1 atom stereocenters. The predicted molar refractivity (Wildman–Crippen MR) is 97.2 cm³/mol. The highest BCUT2D eigenvalue weighted by molar-refractivity contribution is 5.79. The molecule has 0 fully saturated rings. The first kappa shape index (κ1) is 19.9. The molecule has 0 aliphatic carbocycles. The van der Waals surface area contributed by atoms with Crippen LogP contribution in [0.15, 0.2) is 29.5 Å². The maximum Gasteiger partial charge on any atom is 0.407 e. The molecule has 1 aromatic heterocycles. The second-order valence-corrected chi connectivity index (χ2v) is 5.99. The Kier molecular flexibility index (Phi) is 9.41. The Balaban J connectivity index is 2.39. The zero-order chi connectivity index (χ0) is 17.8. The van der Waals surface area contributed by atoms with Gasteiger partial charge in [-0.1, -0.05) is 13.8 Å². The summed E-state index contributed by atoms with van der Waals surface area (Å²) in [5.41, 5.74) is 0. The van der Waals surface area contributed by atoms with Crippen LogP contribution in [0.25, 0.3) is 0 Å². The molecular formula is C17H31N5O2. The van der Waals surface area contributed by atoms with Crippen molar-refractivity contribution >= 4 is 12.1 Å². The molecule has 3 N–H and O–H groups in total. The van der Waals surface area contributed by atoms with Crippen LogP contribution < -0.4 is 16.0 Å². The van der Waals surface area contributed by atoms with E-state index in [0.29, 0.717) is 19.1 Å². The van der Waals surface area contributed by atoms with Crippen LogP contribution in [0.1, 0.15) is 27.2 Å². The molecule has 0 aromatic carbocycles. The van der Waals surface area contributed by atoms with Gasteiger partial charge in [-0.25, -0.2) is 4.79 Å². The minimum Gasteiger partial charge on any atom is -0.450 e. The van der Waals surface area contributed by atoms with Gasteiger partial charge < -0.3 is 25.3 Å². The van der Waals surface area contributed by atoms with Gasteiger partial charge in [0, 0.05) is 45.1 Å². The molecule has 1 unspecified atom stereocenters. The van der Waals surface area contributed by atoms with Gasteiger partial charge in [-0.2, -0.15) is 0 Å². The zero-order valence-electron chi connectivity index (χ0n) is 15.2. The first-order chi connectivity index (χ1) is 11.5. The summed E-state index contributed by atoms with van der Waals surface area (Å²) in [4.78, 5) is 15.9. The van der Waals surface area contributed by atoms with Crippen molar-refractivity contribution in [3.05, 3.63) is 24.5 Å². The molecule has 1 aromatic rings. The van der Waals surface area contributed by atoms with Crippen molar-refractivity contribution in [2.75, 3.05) is 26.7 Å². The summed E-state index contributed by atoms with van der Waals surface area (Å²) in [6.45, 7) is 8.66. The minimum atomic E-state index is -0.375. The van der Waals surface area contributed by atoms with E-state index in [1.807, 2.05) is 24.5 Å². The van der Waals surface area contributed by atoms with Gasteiger partial charge in [-0.05, 0) is 31.4 Å². The number of aliphatic imine (C=N–C) groups is 1. The molecule has 0 saturated heterocycles. The second-order valence-electron chi connectivity index (χ2n) is 5.99. The van der Waals surface area contributed by atoms with Gasteiger partial charge in [0.25, 0.3) is 0 Å². The molecule has 0 saturated carbocycles. The first-order valence-corrected chi connectivity index (χ1v) is 8.53. The summed E-state index contributed by atoms with van der Waals surface area (Å²) < 4.78 is 7.07. The maximum absolute atomic E-state index is 11.6. The molecule has 0 aliphatic rings. The Bertz CT molecular complexity index is 485. The van der Waals surface area contributed by atoms with Gasteiger partial charge in [-0.3, -0.25) is 4.99 Å². The normalized spacial score (nSPS) is 12.8. The van der Waals surface area contributed by atoms with Crippen LogP contribution in [0.3, 0.4) is 0 Å². The van der Waals surface area contributed by atoms with E-state index < -0.39 is 0 Å². The number of carbonyl (C=O) groups excluding carboxylic acids is 1. The van der Waals surface area contributed by atoms with Crippen molar-refractivity contribution in [2.45, 2.75) is 39.8 Å². The lowest BCUT2D eigenvalue weighted by Crippen LogP contribution is -2.48. The summed E-state index contributed by atoms with van der Waals surface area (Å²) in [5.74, 6) is 1.20. The predicted octanol–water partition coefficient (Wildman–Crippen LogP) is 1.81. The molecule has 136 valence electrons. The fourth-order valence-corrected chi connectivity index (χ4v) is 2.36. The number of amides is 1. The highest BCUT2D eigenvalue weighted by Gasteiger charge is 2.15. The third-order valence-electron chi connectivity index (χ3n) is 3.42. The van der Waals surface area contributed by atoms with Crippen molar-refractivity contribution in [1.29, 1.82) is 0 Å². The first-order valence-electron chi connectivity index (χ1n) is 8.53. The van der Waals surface area contributed by atoms with Crippen LogP contribution in [0.4, 0.5) is 4.79 Å². The average molecular weight is 337 g/mol. The Hall–Kier alpha value is -2.18. The Morgan fingerprint density at radius 1 is 1.25 bits per heavy atom. The number of alkyl carbamates (subject to hydrolysis) is 1. The number of nitrogens with zero attached hydrogens (tertiary/aromatic N) is 2. The summed E-state index contributed by atoms with van der Waals surface area (Å²) in [5, 5.41) is 9.43. The minimum absolute atomic E-state index is 0.00736. The topological polar surface area (TPSA) is 79.7 Å². The summed E-state index contributed by atoms with van der Waals surface area (Å²) in [6, 6.07) is 4.00. The smallest absolute Gasteiger partial charge is 0.407 e. The Morgan fingerprint density at radius 2 is 1.96 bits per heavy atom. The van der Waals surface area contributed by atoms with E-state index in [1.165, 1.54) is 0 Å². The lowest BCUT2D eigenvalue weighted by Gasteiger charge is -2.22. The molecule has 7 heteroatoms. The SMILES string of the molecule is CCOC(=O)NC(CNC(=NC)NCCn1cccc1)CC(C)C. The third-order valence-corrected chi connectivity index (χ3v) is 3.42. The molecule has 24 heavy (non-hydrogen) atoms. The number of aromatic nitrogens is 1. The average Bonchev–Trinajstić information content (AvgIpc) is 3.03. The van der Waals surface area contributed by atoms with E-state index >= 15 is 0 Å². The van der Waals surface area contributed by atoms with Crippen LogP contribution in [0.5, 0.6) is 0 Å². The fourth-order valence-electron chi connectivity index (χ4n) is 2.36. The van der Waals surface area contributed by atoms with Crippen molar-refractivity contribution in [2.24, 2.45) is 10.9 Å². The van der Waals surface area contributed by atoms with Crippen LogP contribution in [-0.2, 0) is 11.3 Å². The lowest BCUT2D eigenvalue weighted by atomic mass is 10.0. The van der Waals surface area contributed by atoms with Crippen LogP contribution in [0, 0.1) is 5.92 Å². The van der Waals surface area contributed by atoms with Gasteiger partial charge in [0.1, 0.15) is 0 Å². The van der Waals surface area contributed by atoms with Gasteiger partial charge >= 0.3 is 6.09 Å². The molecule has 7 nitrogen and oxygen atoms in total. The standard InChI is InChI=1S/C17H31N5O2/c1-5-24-17(23)21-15(12-14(2)3)13-20-16(18-4)19-8-11-22-9-6-7-10-22/h6-7,9-10,14-15H,5,8,11-13H2,1-4H3,(H,21,23)(H2,18,19,20). The maximum atomic E-state index is 11.6. The number of hydrogen-bond acceptors (Lipinski definition) is 3. The molecule has 0 spiro atoms. The quantitative estimate of drug-likeness (QED) is 0.474. The number of carbonyl (C=O) groups is 1.